The SMILES string of the molecule is NC(=O)C1=C(O)[C@@]2(O)C(=O)C3=C(O)c4c(O)ccc(CNc5nccs5)c4CC3CC2CC1=O. The minimum atomic E-state index is -2.56. The van der Waals surface area contributed by atoms with Gasteiger partial charge < -0.3 is 31.5 Å². The van der Waals surface area contributed by atoms with E-state index in [-0.39, 0.29) is 36.1 Å². The number of anilines is 1. The first kappa shape index (κ1) is 22.1. The zero-order valence-electron chi connectivity index (χ0n) is 17.7. The fourth-order valence-electron chi connectivity index (χ4n) is 5.33. The average molecular weight is 484 g/mol. The second-order valence-corrected chi connectivity index (χ2v) is 9.59. The maximum atomic E-state index is 13.5. The van der Waals surface area contributed by atoms with Crippen molar-refractivity contribution in [3.63, 3.8) is 0 Å². The Balaban J connectivity index is 1.61. The standard InChI is InChI=1S/C23H21N3O7S/c24-21(32)17-14(28)7-11-5-10-6-12-9(8-26-22-25-3-4-34-22)1-2-13(27)16(12)18(29)15(10)19(30)23(11,33)20(17)31/h1-4,10-11,27,29,31,33H,5-8H2,(H2,24,32)(H,25,26)/t10?,11?,23-/m0/s1. The molecule has 0 radical (unpaired) electrons. The van der Waals surface area contributed by atoms with Gasteiger partial charge in [-0.3, -0.25) is 14.4 Å². The maximum Gasteiger partial charge on any atom is 0.255 e. The number of hydrogen-bond donors (Lipinski definition) is 6. The summed E-state index contributed by atoms with van der Waals surface area (Å²) >= 11 is 1.42. The number of benzene rings is 1. The van der Waals surface area contributed by atoms with E-state index < -0.39 is 52.0 Å². The molecule has 0 saturated heterocycles. The monoisotopic (exact) mass is 483 g/mol. The molecule has 7 N–H and O–H groups in total. The largest absolute Gasteiger partial charge is 0.508 e. The highest BCUT2D eigenvalue weighted by Gasteiger charge is 2.60. The molecule has 0 bridgehead atoms. The number of aromatic nitrogens is 1. The van der Waals surface area contributed by atoms with Gasteiger partial charge in [0.1, 0.15) is 22.8 Å². The number of phenols is 1. The molecule has 0 spiro atoms. The number of amides is 1. The number of rotatable bonds is 4. The first-order chi connectivity index (χ1) is 16.1. The molecule has 11 heteroatoms. The Morgan fingerprint density at radius 1 is 1.24 bits per heavy atom. The Labute approximate surface area is 197 Å². The molecule has 176 valence electrons. The van der Waals surface area contributed by atoms with Crippen molar-refractivity contribution in [1.82, 2.24) is 4.98 Å². The maximum absolute atomic E-state index is 13.5. The summed E-state index contributed by atoms with van der Waals surface area (Å²) in [7, 11) is 0. The molecule has 0 aliphatic heterocycles. The van der Waals surface area contributed by atoms with Gasteiger partial charge in [0, 0.05) is 36.0 Å². The van der Waals surface area contributed by atoms with E-state index >= 15 is 0 Å². The van der Waals surface area contributed by atoms with E-state index in [1.165, 1.54) is 17.4 Å². The van der Waals surface area contributed by atoms with Crippen LogP contribution in [0.15, 0.2) is 40.6 Å². The van der Waals surface area contributed by atoms with Crippen LogP contribution in [0.1, 0.15) is 29.5 Å². The number of aromatic hydroxyl groups is 1. The molecule has 1 amide bonds. The summed E-state index contributed by atoms with van der Waals surface area (Å²) in [6, 6.07) is 3.12. The van der Waals surface area contributed by atoms with Crippen LogP contribution < -0.4 is 11.1 Å². The highest BCUT2D eigenvalue weighted by molar-refractivity contribution is 7.13. The molecule has 3 aliphatic carbocycles. The van der Waals surface area contributed by atoms with Crippen LogP contribution in [0, 0.1) is 11.8 Å². The summed E-state index contributed by atoms with van der Waals surface area (Å²) in [5.41, 5.74) is 3.16. The van der Waals surface area contributed by atoms with Crippen LogP contribution >= 0.6 is 11.3 Å². The Hall–Kier alpha value is -3.70. The molecule has 1 heterocycles. The van der Waals surface area contributed by atoms with E-state index in [0.717, 1.165) is 5.56 Å². The molecule has 10 nitrogen and oxygen atoms in total. The highest BCUT2D eigenvalue weighted by atomic mass is 32.1. The number of hydrogen-bond acceptors (Lipinski definition) is 10. The van der Waals surface area contributed by atoms with E-state index in [1.807, 2.05) is 5.38 Å². The molecule has 1 aromatic carbocycles. The summed E-state index contributed by atoms with van der Waals surface area (Å²) in [5, 5.41) is 49.1. The molecular weight excluding hydrogens is 462 g/mol. The van der Waals surface area contributed by atoms with E-state index in [0.29, 0.717) is 17.2 Å². The molecule has 3 atom stereocenters. The van der Waals surface area contributed by atoms with Gasteiger partial charge in [-0.15, -0.1) is 11.3 Å². The molecule has 1 fully saturated rings. The fraction of sp³-hybridized carbons (Fsp3) is 0.304. The quantitative estimate of drug-likeness (QED) is 0.351. The average Bonchev–Trinajstić information content (AvgIpc) is 3.29. The number of aliphatic hydroxyl groups excluding tert-OH is 2. The molecule has 3 aliphatic rings. The second kappa shape index (κ2) is 7.67. The number of thiazole rings is 1. The normalized spacial score (nSPS) is 26.1. The predicted octanol–water partition coefficient (Wildman–Crippen LogP) is 1.49. The first-order valence-electron chi connectivity index (χ1n) is 10.6. The van der Waals surface area contributed by atoms with Crippen molar-refractivity contribution in [2.45, 2.75) is 31.4 Å². The zero-order chi connectivity index (χ0) is 24.4. The second-order valence-electron chi connectivity index (χ2n) is 8.69. The number of carbonyl (C=O) groups excluding carboxylic acids is 3. The van der Waals surface area contributed by atoms with Crippen LogP contribution in [0.2, 0.25) is 0 Å². The van der Waals surface area contributed by atoms with Gasteiger partial charge in [-0.05, 0) is 36.0 Å². The Bertz CT molecular complexity index is 1310. The third-order valence-electron chi connectivity index (χ3n) is 6.91. The predicted molar refractivity (Wildman–Crippen MR) is 121 cm³/mol. The van der Waals surface area contributed by atoms with Crippen LogP contribution in [0.3, 0.4) is 0 Å². The van der Waals surface area contributed by atoms with Gasteiger partial charge >= 0.3 is 0 Å². The van der Waals surface area contributed by atoms with Crippen LogP contribution in [-0.2, 0) is 27.3 Å². The van der Waals surface area contributed by atoms with E-state index in [1.54, 1.807) is 12.3 Å². The van der Waals surface area contributed by atoms with Crippen LogP contribution in [0.5, 0.6) is 5.75 Å². The smallest absolute Gasteiger partial charge is 0.255 e. The number of nitrogens with two attached hydrogens (primary N) is 1. The van der Waals surface area contributed by atoms with Crippen molar-refractivity contribution in [1.29, 1.82) is 0 Å². The fourth-order valence-corrected chi connectivity index (χ4v) is 5.86. The van der Waals surface area contributed by atoms with Crippen LogP contribution in [0.25, 0.3) is 5.76 Å². The number of nitrogens with one attached hydrogen (secondary N) is 1. The topological polar surface area (TPSA) is 183 Å². The lowest BCUT2D eigenvalue weighted by Gasteiger charge is -2.46. The number of aliphatic hydroxyl groups is 3. The van der Waals surface area contributed by atoms with Gasteiger partial charge in [-0.25, -0.2) is 4.98 Å². The Morgan fingerprint density at radius 3 is 2.68 bits per heavy atom. The van der Waals surface area contributed by atoms with Crippen molar-refractivity contribution >= 4 is 39.7 Å². The van der Waals surface area contributed by atoms with E-state index in [4.69, 9.17) is 5.73 Å². The molecule has 1 aromatic heterocycles. The number of carbonyl (C=O) groups is 3. The zero-order valence-corrected chi connectivity index (χ0v) is 18.6. The Morgan fingerprint density at radius 2 is 2.00 bits per heavy atom. The summed E-state index contributed by atoms with van der Waals surface area (Å²) in [4.78, 5) is 41.8. The molecule has 2 unspecified atom stereocenters. The molecule has 1 saturated carbocycles. The molecule has 34 heavy (non-hydrogen) atoms. The lowest BCUT2D eigenvalue weighted by molar-refractivity contribution is -0.147. The number of phenolic OH excluding ortho intramolecular Hbond substituents is 1. The van der Waals surface area contributed by atoms with Crippen LogP contribution in [-0.4, -0.2) is 48.5 Å². The van der Waals surface area contributed by atoms with Gasteiger partial charge in [-0.1, -0.05) is 6.07 Å². The number of nitrogens with zero attached hydrogens (tertiary/aromatic N) is 1. The van der Waals surface area contributed by atoms with Gasteiger partial charge in [-0.2, -0.15) is 0 Å². The van der Waals surface area contributed by atoms with Crippen molar-refractivity contribution in [3.05, 3.63) is 57.3 Å². The minimum absolute atomic E-state index is 0.0746. The summed E-state index contributed by atoms with van der Waals surface area (Å²) in [5.74, 6) is -6.38. The van der Waals surface area contributed by atoms with Crippen molar-refractivity contribution in [3.8, 4) is 5.75 Å². The van der Waals surface area contributed by atoms with Crippen molar-refractivity contribution in [2.75, 3.05) is 5.32 Å². The van der Waals surface area contributed by atoms with Gasteiger partial charge in [0.25, 0.3) is 5.91 Å². The molecular formula is C23H21N3O7S. The van der Waals surface area contributed by atoms with Crippen molar-refractivity contribution in [2.24, 2.45) is 17.6 Å². The van der Waals surface area contributed by atoms with E-state index in [9.17, 15) is 34.8 Å². The molecule has 2 aromatic rings. The summed E-state index contributed by atoms with van der Waals surface area (Å²) < 4.78 is 0. The third kappa shape index (κ3) is 3.04. The Kier molecular flexibility index (Phi) is 4.99. The number of fused-ring (bicyclic) bond motifs is 3. The minimum Gasteiger partial charge on any atom is -0.508 e. The molecule has 5 rings (SSSR count). The summed E-state index contributed by atoms with van der Waals surface area (Å²) in [6.45, 7) is 0.358. The summed E-state index contributed by atoms with van der Waals surface area (Å²) in [6.07, 6.45) is 1.67. The lowest BCUT2D eigenvalue weighted by Crippen LogP contribution is -2.58. The number of primary amides is 1. The first-order valence-corrected chi connectivity index (χ1v) is 11.5. The van der Waals surface area contributed by atoms with Crippen molar-refractivity contribution < 1.29 is 34.8 Å². The third-order valence-corrected chi connectivity index (χ3v) is 7.64. The van der Waals surface area contributed by atoms with E-state index in [2.05, 4.69) is 10.3 Å². The lowest BCUT2D eigenvalue weighted by atomic mass is 9.59. The van der Waals surface area contributed by atoms with Crippen LogP contribution in [0.4, 0.5) is 5.13 Å². The highest BCUT2D eigenvalue weighted by Crippen LogP contribution is 2.52. The van der Waals surface area contributed by atoms with Gasteiger partial charge in [0.05, 0.1) is 5.56 Å². The van der Waals surface area contributed by atoms with Gasteiger partial charge in [0.2, 0.25) is 5.78 Å². The number of Topliss-reactive ketones (excluding diaryl/α,β-unsaturated/α-hetero) is 2. The number of ketones is 2. The van der Waals surface area contributed by atoms with Gasteiger partial charge in [0.15, 0.2) is 16.5 Å².